The summed E-state index contributed by atoms with van der Waals surface area (Å²) >= 11 is 0. The number of aromatic amines is 1. The quantitative estimate of drug-likeness (QED) is 0.204. The molecular formula is C38H38F2N6O5S. The number of nitrogens with zero attached hydrogens (tertiary/aromatic N) is 5. The molecule has 1 atom stereocenters. The van der Waals surface area contributed by atoms with Crippen LogP contribution in [-0.4, -0.2) is 60.5 Å². The first-order valence-electron chi connectivity index (χ1n) is 16.8. The highest BCUT2D eigenvalue weighted by Gasteiger charge is 2.38. The van der Waals surface area contributed by atoms with E-state index in [9.17, 15) is 18.3 Å². The standard InChI is InChI=1S/C38H38F2N6O5S/c1-37(2)22-52(49,50)15-13-38(3,24-7-5-6-23(16-24)8-11-33(47)48)36-43-35(45(4)44-36)28-17-26(9-10-30(28)39)51-34-29(21-46-20-25(37)19-42-46)27-12-14-41-32(27)18-31(34)40/h5-7,9-10,12,14,16-20,41H,8,11,13,15,21-22H2,1-4H3,(H,47,48). The average molecular weight is 729 g/mol. The van der Waals surface area contributed by atoms with E-state index >= 15 is 8.78 Å². The van der Waals surface area contributed by atoms with Crippen molar-refractivity contribution in [3.63, 3.8) is 0 Å². The molecule has 52 heavy (non-hydrogen) atoms. The van der Waals surface area contributed by atoms with Gasteiger partial charge in [-0.1, -0.05) is 38.1 Å². The molecule has 1 aliphatic heterocycles. The zero-order valence-corrected chi connectivity index (χ0v) is 30.0. The van der Waals surface area contributed by atoms with Gasteiger partial charge in [0.25, 0.3) is 0 Å². The van der Waals surface area contributed by atoms with E-state index < -0.39 is 38.3 Å². The molecule has 11 nitrogen and oxygen atoms in total. The first kappa shape index (κ1) is 35.1. The molecule has 14 heteroatoms. The van der Waals surface area contributed by atoms with Gasteiger partial charge in [-0.25, -0.2) is 26.9 Å². The monoisotopic (exact) mass is 728 g/mol. The lowest BCUT2D eigenvalue weighted by Crippen LogP contribution is -2.33. The van der Waals surface area contributed by atoms with Crippen LogP contribution in [0.5, 0.6) is 11.5 Å². The van der Waals surface area contributed by atoms with Crippen LogP contribution < -0.4 is 4.74 Å². The Balaban J connectivity index is 1.41. The number of aliphatic carboxylic acids is 1. The van der Waals surface area contributed by atoms with E-state index in [1.54, 1.807) is 36.4 Å². The van der Waals surface area contributed by atoms with Crippen molar-refractivity contribution < 1.29 is 31.8 Å². The Labute approximate surface area is 299 Å². The second-order valence-electron chi connectivity index (χ2n) is 14.3. The van der Waals surface area contributed by atoms with Gasteiger partial charge < -0.3 is 14.8 Å². The van der Waals surface area contributed by atoms with Crippen LogP contribution in [0.2, 0.25) is 0 Å². The third-order valence-electron chi connectivity index (χ3n) is 9.94. The van der Waals surface area contributed by atoms with Crippen LogP contribution in [0, 0.1) is 11.6 Å². The molecule has 6 aromatic rings. The number of carbonyl (C=O) groups is 1. The SMILES string of the molecule is Cn1nc2nc1-c1cc(ccc1F)Oc1c(F)cc3[nH]ccc3c1Cn1cc(cn1)C(C)(C)CS(=O)(=O)CCC2(C)c1cccc(CCC(=O)O)c1. The highest BCUT2D eigenvalue weighted by molar-refractivity contribution is 7.91. The van der Waals surface area contributed by atoms with Gasteiger partial charge in [0.1, 0.15) is 11.6 Å². The van der Waals surface area contributed by atoms with Gasteiger partial charge in [0.15, 0.2) is 33.1 Å². The number of rotatable bonds is 4. The minimum Gasteiger partial charge on any atom is -0.481 e. The number of ether oxygens (including phenoxy) is 1. The largest absolute Gasteiger partial charge is 0.481 e. The second kappa shape index (κ2) is 13.0. The number of carboxylic acid groups (broad SMARTS) is 1. The third kappa shape index (κ3) is 6.70. The number of nitrogens with one attached hydrogen (secondary N) is 1. The second-order valence-corrected chi connectivity index (χ2v) is 16.5. The molecule has 0 aliphatic carbocycles. The Morgan fingerprint density at radius 3 is 2.65 bits per heavy atom. The average Bonchev–Trinajstić information content (AvgIpc) is 3.85. The summed E-state index contributed by atoms with van der Waals surface area (Å²) in [5.41, 5.74) is 1.29. The van der Waals surface area contributed by atoms with Crippen LogP contribution in [0.1, 0.15) is 61.7 Å². The summed E-state index contributed by atoms with van der Waals surface area (Å²) < 4.78 is 68.7. The van der Waals surface area contributed by atoms with E-state index in [2.05, 4.69) is 10.1 Å². The highest BCUT2D eigenvalue weighted by atomic mass is 32.2. The number of halogens is 2. The summed E-state index contributed by atoms with van der Waals surface area (Å²) in [5.74, 6) is -2.08. The molecule has 0 fully saturated rings. The summed E-state index contributed by atoms with van der Waals surface area (Å²) in [6.07, 6.45) is 5.37. The summed E-state index contributed by atoms with van der Waals surface area (Å²) in [4.78, 5) is 19.2. The number of aryl methyl sites for hydroxylation is 2. The van der Waals surface area contributed by atoms with E-state index in [4.69, 9.17) is 14.8 Å². The summed E-state index contributed by atoms with van der Waals surface area (Å²) in [5, 5.41) is 19.2. The highest BCUT2D eigenvalue weighted by Crippen LogP contribution is 2.40. The van der Waals surface area contributed by atoms with Crippen molar-refractivity contribution in [2.45, 2.75) is 57.4 Å². The Hall–Kier alpha value is -5.37. The van der Waals surface area contributed by atoms with Gasteiger partial charge in [-0.05, 0) is 60.7 Å². The Morgan fingerprint density at radius 2 is 1.87 bits per heavy atom. The number of hydrogen-bond donors (Lipinski definition) is 2. The molecule has 1 unspecified atom stereocenters. The van der Waals surface area contributed by atoms with Gasteiger partial charge in [0.2, 0.25) is 0 Å². The molecule has 0 spiro atoms. The number of sulfone groups is 1. The maximum absolute atomic E-state index is 15.8. The number of hydrogen-bond acceptors (Lipinski definition) is 7. The van der Waals surface area contributed by atoms with E-state index in [1.807, 2.05) is 45.0 Å². The minimum atomic E-state index is -3.72. The zero-order chi connectivity index (χ0) is 37.0. The first-order valence-corrected chi connectivity index (χ1v) is 18.7. The number of aromatic nitrogens is 6. The fraction of sp³-hybridized carbons (Fsp3) is 0.316. The Bertz CT molecular complexity index is 2450. The van der Waals surface area contributed by atoms with Gasteiger partial charge >= 0.3 is 5.97 Å². The molecule has 1 aliphatic rings. The van der Waals surface area contributed by atoms with Crippen molar-refractivity contribution >= 4 is 26.7 Å². The van der Waals surface area contributed by atoms with Gasteiger partial charge in [0, 0.05) is 53.8 Å². The van der Waals surface area contributed by atoms with Gasteiger partial charge in [-0.2, -0.15) is 10.2 Å². The predicted octanol–water partition coefficient (Wildman–Crippen LogP) is 6.70. The first-order chi connectivity index (χ1) is 24.6. The Kier molecular flexibility index (Phi) is 8.76. The van der Waals surface area contributed by atoms with Crippen molar-refractivity contribution in [3.8, 4) is 22.9 Å². The van der Waals surface area contributed by atoms with Crippen LogP contribution in [-0.2, 0) is 45.5 Å². The fourth-order valence-electron chi connectivity index (χ4n) is 6.93. The van der Waals surface area contributed by atoms with Crippen molar-refractivity contribution in [3.05, 3.63) is 113 Å². The topological polar surface area (TPSA) is 145 Å². The van der Waals surface area contributed by atoms with Crippen LogP contribution in [0.4, 0.5) is 8.78 Å². The Morgan fingerprint density at radius 1 is 1.06 bits per heavy atom. The van der Waals surface area contributed by atoms with Gasteiger partial charge in [0.05, 0.1) is 35.2 Å². The van der Waals surface area contributed by atoms with E-state index in [0.717, 1.165) is 5.56 Å². The molecule has 7 rings (SSSR count). The minimum absolute atomic E-state index is 0.0463. The molecule has 6 bridgehead atoms. The molecule has 2 N–H and O–H groups in total. The number of H-pyrrole nitrogens is 1. The maximum atomic E-state index is 15.8. The lowest BCUT2D eigenvalue weighted by Gasteiger charge is -2.29. The lowest BCUT2D eigenvalue weighted by atomic mass is 9.78. The third-order valence-corrected chi connectivity index (χ3v) is 11.9. The molecule has 0 amide bonds. The van der Waals surface area contributed by atoms with E-state index in [-0.39, 0.29) is 66.0 Å². The molecule has 4 heterocycles. The maximum Gasteiger partial charge on any atom is 0.303 e. The summed E-state index contributed by atoms with van der Waals surface area (Å²) in [6.45, 7) is 5.63. The van der Waals surface area contributed by atoms with Crippen molar-refractivity contribution in [2.24, 2.45) is 7.05 Å². The fourth-order valence-corrected chi connectivity index (χ4v) is 9.06. The van der Waals surface area contributed by atoms with E-state index in [0.29, 0.717) is 27.6 Å². The smallest absolute Gasteiger partial charge is 0.303 e. The normalized spacial score (nSPS) is 18.5. The number of carboxylic acids is 1. The zero-order valence-electron chi connectivity index (χ0n) is 29.2. The number of benzene rings is 3. The van der Waals surface area contributed by atoms with Crippen LogP contribution in [0.3, 0.4) is 0 Å². The van der Waals surface area contributed by atoms with Crippen molar-refractivity contribution in [1.82, 2.24) is 29.5 Å². The van der Waals surface area contributed by atoms with Crippen LogP contribution in [0.15, 0.2) is 73.2 Å². The molecule has 3 aromatic carbocycles. The van der Waals surface area contributed by atoms with Gasteiger partial charge in [-0.3, -0.25) is 9.48 Å². The van der Waals surface area contributed by atoms with Crippen molar-refractivity contribution in [2.75, 3.05) is 11.5 Å². The summed E-state index contributed by atoms with van der Waals surface area (Å²) in [7, 11) is -2.10. The van der Waals surface area contributed by atoms with Gasteiger partial charge in [-0.15, -0.1) is 0 Å². The molecule has 0 radical (unpaired) electrons. The predicted molar refractivity (Wildman–Crippen MR) is 191 cm³/mol. The van der Waals surface area contributed by atoms with E-state index in [1.165, 1.54) is 28.9 Å². The molecular weight excluding hydrogens is 691 g/mol. The van der Waals surface area contributed by atoms with Crippen LogP contribution >= 0.6 is 0 Å². The van der Waals surface area contributed by atoms with Crippen molar-refractivity contribution in [1.29, 1.82) is 0 Å². The summed E-state index contributed by atoms with van der Waals surface area (Å²) in [6, 6.07) is 14.5. The number of fused-ring (bicyclic) bond motifs is 10. The molecule has 270 valence electrons. The van der Waals surface area contributed by atoms with Crippen LogP contribution in [0.25, 0.3) is 22.3 Å². The lowest BCUT2D eigenvalue weighted by molar-refractivity contribution is -0.136. The molecule has 3 aromatic heterocycles. The molecule has 0 saturated heterocycles. The molecule has 0 saturated carbocycles.